The largest absolute Gasteiger partial charge is 0.462 e. The van der Waals surface area contributed by atoms with E-state index < -0.39 is 0 Å². The van der Waals surface area contributed by atoms with Crippen molar-refractivity contribution in [3.8, 4) is 28.3 Å². The van der Waals surface area contributed by atoms with Gasteiger partial charge in [0.25, 0.3) is 0 Å². The van der Waals surface area contributed by atoms with Crippen LogP contribution in [-0.4, -0.2) is 19.9 Å². The van der Waals surface area contributed by atoms with Crippen molar-refractivity contribution >= 4 is 22.1 Å². The van der Waals surface area contributed by atoms with Gasteiger partial charge >= 0.3 is 0 Å². The Labute approximate surface area is 211 Å². The zero-order valence-corrected chi connectivity index (χ0v) is 21.1. The Balaban J connectivity index is 1.39. The Morgan fingerprint density at radius 2 is 1.42 bits per heavy atom. The van der Waals surface area contributed by atoms with Crippen LogP contribution in [0.1, 0.15) is 33.5 Å². The first-order valence-electron chi connectivity index (χ1n) is 12.0. The molecular weight excluding hydrogens is 444 g/mol. The molecule has 36 heavy (non-hydrogen) atoms. The van der Waals surface area contributed by atoms with Crippen LogP contribution in [0, 0.1) is 0 Å². The summed E-state index contributed by atoms with van der Waals surface area (Å²) in [5.41, 5.74) is 7.21. The van der Waals surface area contributed by atoms with Crippen molar-refractivity contribution in [1.29, 1.82) is 0 Å². The molecule has 5 aromatic rings. The molecule has 0 aliphatic rings. The van der Waals surface area contributed by atoms with E-state index in [4.69, 9.17) is 14.7 Å². The number of hydrogen-bond donors (Lipinski definition) is 2. The number of rotatable bonds is 6. The van der Waals surface area contributed by atoms with Crippen LogP contribution in [0.25, 0.3) is 44.6 Å². The van der Waals surface area contributed by atoms with Crippen LogP contribution in [0.15, 0.2) is 97.3 Å². The summed E-state index contributed by atoms with van der Waals surface area (Å²) in [6.07, 6.45) is 7.40. The number of ether oxygens (including phenoxy) is 1. The van der Waals surface area contributed by atoms with E-state index in [9.17, 15) is 0 Å². The SMILES string of the molecule is C=C/C=C\C=C(/C)Oc1ccc(-c2nc3ccc(-c4ccc5nc(C(C)(C)C)[nH]c5c4)cc3[nH]2)cc1. The van der Waals surface area contributed by atoms with Gasteiger partial charge in [0.05, 0.1) is 22.1 Å². The van der Waals surface area contributed by atoms with Crippen molar-refractivity contribution in [2.45, 2.75) is 33.1 Å². The molecule has 5 heteroatoms. The van der Waals surface area contributed by atoms with E-state index in [2.05, 4.69) is 73.7 Å². The molecule has 3 aromatic carbocycles. The molecule has 5 nitrogen and oxygen atoms in total. The second-order valence-electron chi connectivity index (χ2n) is 9.91. The number of benzene rings is 3. The molecule has 0 radical (unpaired) electrons. The monoisotopic (exact) mass is 474 g/mol. The number of nitrogens with one attached hydrogen (secondary N) is 2. The zero-order chi connectivity index (χ0) is 25.3. The minimum Gasteiger partial charge on any atom is -0.462 e. The first-order valence-corrected chi connectivity index (χ1v) is 12.0. The standard InChI is InChI=1S/C31H30N4O/c1-6-7-8-9-20(2)36-24-14-10-21(11-15-24)29-32-25-16-12-22(18-27(25)33-29)23-13-17-26-28(19-23)35-30(34-26)31(3,4)5/h6-19H,1H2,2-5H3,(H,32,33)(H,34,35)/b8-7-,20-9+. The topological polar surface area (TPSA) is 66.6 Å². The Hall–Kier alpha value is -4.38. The highest BCUT2D eigenvalue weighted by atomic mass is 16.5. The highest BCUT2D eigenvalue weighted by Gasteiger charge is 2.18. The second-order valence-corrected chi connectivity index (χ2v) is 9.91. The van der Waals surface area contributed by atoms with Gasteiger partial charge in [0.15, 0.2) is 0 Å². The molecule has 2 N–H and O–H groups in total. The Bertz CT molecular complexity index is 1610. The molecule has 0 unspecified atom stereocenters. The van der Waals surface area contributed by atoms with Crippen molar-refractivity contribution in [3.05, 3.63) is 103 Å². The van der Waals surface area contributed by atoms with E-state index in [-0.39, 0.29) is 5.41 Å². The van der Waals surface area contributed by atoms with Gasteiger partial charge < -0.3 is 14.7 Å². The summed E-state index contributed by atoms with van der Waals surface area (Å²) >= 11 is 0. The van der Waals surface area contributed by atoms with Gasteiger partial charge in [-0.2, -0.15) is 0 Å². The van der Waals surface area contributed by atoms with E-state index in [0.29, 0.717) is 0 Å². The van der Waals surface area contributed by atoms with Gasteiger partial charge in [0, 0.05) is 11.0 Å². The molecule has 5 rings (SSSR count). The van der Waals surface area contributed by atoms with Crippen LogP contribution >= 0.6 is 0 Å². The molecular formula is C31H30N4O. The van der Waals surface area contributed by atoms with Crippen LogP contribution in [0.3, 0.4) is 0 Å². The number of imidazole rings is 2. The number of hydrogen-bond acceptors (Lipinski definition) is 3. The lowest BCUT2D eigenvalue weighted by Gasteiger charge is -2.13. The smallest absolute Gasteiger partial charge is 0.138 e. The molecule has 0 aliphatic heterocycles. The number of nitrogens with zero attached hydrogens (tertiary/aromatic N) is 2. The van der Waals surface area contributed by atoms with Gasteiger partial charge in [-0.1, -0.05) is 57.7 Å². The third-order valence-electron chi connectivity index (χ3n) is 5.99. The van der Waals surface area contributed by atoms with Crippen LogP contribution < -0.4 is 4.74 Å². The molecule has 0 fully saturated rings. The van der Waals surface area contributed by atoms with E-state index in [0.717, 1.165) is 61.9 Å². The Morgan fingerprint density at radius 3 is 2.06 bits per heavy atom. The molecule has 2 aromatic heterocycles. The highest BCUT2D eigenvalue weighted by molar-refractivity contribution is 5.87. The van der Waals surface area contributed by atoms with Gasteiger partial charge in [0.2, 0.25) is 0 Å². The Morgan fingerprint density at radius 1 is 0.806 bits per heavy atom. The van der Waals surface area contributed by atoms with Crippen LogP contribution in [0.2, 0.25) is 0 Å². The fourth-order valence-electron chi connectivity index (χ4n) is 4.04. The quantitative estimate of drug-likeness (QED) is 0.193. The normalized spacial score (nSPS) is 12.6. The Kier molecular flexibility index (Phi) is 6.06. The molecule has 0 bridgehead atoms. The first kappa shape index (κ1) is 23.4. The van der Waals surface area contributed by atoms with Crippen molar-refractivity contribution < 1.29 is 4.74 Å². The summed E-state index contributed by atoms with van der Waals surface area (Å²) < 4.78 is 5.86. The van der Waals surface area contributed by atoms with Crippen LogP contribution in [-0.2, 0) is 5.41 Å². The fourth-order valence-corrected chi connectivity index (χ4v) is 4.04. The number of aromatic nitrogens is 4. The molecule has 0 amide bonds. The summed E-state index contributed by atoms with van der Waals surface area (Å²) in [6, 6.07) is 20.6. The van der Waals surface area contributed by atoms with Gasteiger partial charge in [0.1, 0.15) is 23.2 Å². The van der Waals surface area contributed by atoms with Crippen molar-refractivity contribution in [2.75, 3.05) is 0 Å². The third-order valence-corrected chi connectivity index (χ3v) is 5.99. The minimum absolute atomic E-state index is 0.0208. The summed E-state index contributed by atoms with van der Waals surface area (Å²) in [5.74, 6) is 3.41. The van der Waals surface area contributed by atoms with Crippen LogP contribution in [0.4, 0.5) is 0 Å². The molecule has 0 atom stereocenters. The fraction of sp³-hybridized carbons (Fsp3) is 0.161. The van der Waals surface area contributed by atoms with Gasteiger partial charge in [-0.05, 0) is 72.7 Å². The number of allylic oxidation sites excluding steroid dienone is 5. The summed E-state index contributed by atoms with van der Waals surface area (Å²) in [6.45, 7) is 12.1. The second kappa shape index (κ2) is 9.34. The average Bonchev–Trinajstić information content (AvgIpc) is 3.48. The van der Waals surface area contributed by atoms with Gasteiger partial charge in [-0.3, -0.25) is 0 Å². The minimum atomic E-state index is -0.0208. The maximum atomic E-state index is 5.86. The third kappa shape index (κ3) is 4.86. The lowest BCUT2D eigenvalue weighted by Crippen LogP contribution is -2.12. The predicted molar refractivity (Wildman–Crippen MR) is 149 cm³/mol. The van der Waals surface area contributed by atoms with Gasteiger partial charge in [-0.15, -0.1) is 0 Å². The van der Waals surface area contributed by atoms with Crippen molar-refractivity contribution in [1.82, 2.24) is 19.9 Å². The predicted octanol–water partition coefficient (Wildman–Crippen LogP) is 8.10. The van der Waals surface area contributed by atoms with Crippen LogP contribution in [0.5, 0.6) is 5.75 Å². The molecule has 180 valence electrons. The maximum Gasteiger partial charge on any atom is 0.138 e. The molecule has 2 heterocycles. The lowest BCUT2D eigenvalue weighted by molar-refractivity contribution is 0.428. The maximum absolute atomic E-state index is 5.86. The van der Waals surface area contributed by atoms with E-state index in [1.54, 1.807) is 6.08 Å². The number of fused-ring (bicyclic) bond motifs is 2. The number of aromatic amines is 2. The molecule has 0 saturated carbocycles. The summed E-state index contributed by atoms with van der Waals surface area (Å²) in [4.78, 5) is 16.5. The average molecular weight is 475 g/mol. The van der Waals surface area contributed by atoms with Gasteiger partial charge in [-0.25, -0.2) is 9.97 Å². The number of H-pyrrole nitrogens is 2. The first-order chi connectivity index (χ1) is 17.3. The summed E-state index contributed by atoms with van der Waals surface area (Å²) in [5, 5.41) is 0. The van der Waals surface area contributed by atoms with Crippen molar-refractivity contribution in [3.63, 3.8) is 0 Å². The summed E-state index contributed by atoms with van der Waals surface area (Å²) in [7, 11) is 0. The molecule has 0 saturated heterocycles. The molecule has 0 aliphatic carbocycles. The van der Waals surface area contributed by atoms with E-state index >= 15 is 0 Å². The zero-order valence-electron chi connectivity index (χ0n) is 21.1. The van der Waals surface area contributed by atoms with Crippen molar-refractivity contribution in [2.24, 2.45) is 0 Å². The molecule has 0 spiro atoms. The van der Waals surface area contributed by atoms with E-state index in [1.807, 2.05) is 49.4 Å². The van der Waals surface area contributed by atoms with E-state index in [1.165, 1.54) is 0 Å². The lowest BCUT2D eigenvalue weighted by atomic mass is 9.96. The highest BCUT2D eigenvalue weighted by Crippen LogP contribution is 2.30.